The first kappa shape index (κ1) is 19.7. The van der Waals surface area contributed by atoms with E-state index in [2.05, 4.69) is 21.9 Å². The van der Waals surface area contributed by atoms with Crippen LogP contribution in [0.15, 0.2) is 24.3 Å². The number of methoxy groups -OCH3 is 1. The molecule has 130 valence electrons. The third-order valence-electron chi connectivity index (χ3n) is 3.23. The Morgan fingerprint density at radius 3 is 2.67 bits per heavy atom. The van der Waals surface area contributed by atoms with Crippen molar-refractivity contribution in [3.05, 3.63) is 35.6 Å². The molecule has 5 nitrogen and oxygen atoms in total. The topological polar surface area (TPSA) is 81.4 Å². The molecule has 6 heteroatoms. The Labute approximate surface area is 141 Å². The molecular weight excluding hydrogens is 311 g/mol. The van der Waals surface area contributed by atoms with Crippen LogP contribution in [-0.2, 0) is 14.3 Å². The van der Waals surface area contributed by atoms with Crippen molar-refractivity contribution in [2.45, 2.75) is 38.8 Å². The summed E-state index contributed by atoms with van der Waals surface area (Å²) in [5, 5.41) is 2.59. The van der Waals surface area contributed by atoms with Gasteiger partial charge in [0.1, 0.15) is 11.9 Å². The second kappa shape index (κ2) is 9.68. The second-order valence-electron chi connectivity index (χ2n) is 5.84. The van der Waals surface area contributed by atoms with Crippen molar-refractivity contribution in [1.29, 1.82) is 0 Å². The molecule has 0 saturated heterocycles. The molecule has 3 N–H and O–H groups in total. The van der Waals surface area contributed by atoms with E-state index in [4.69, 9.17) is 5.73 Å². The van der Waals surface area contributed by atoms with Gasteiger partial charge in [0.25, 0.3) is 0 Å². The highest BCUT2D eigenvalue weighted by atomic mass is 19.1. The van der Waals surface area contributed by atoms with E-state index in [1.54, 1.807) is 12.1 Å². The Morgan fingerprint density at radius 2 is 2.08 bits per heavy atom. The SMILES string of the molecule is COC(=O)[C@H](CC(C)C)NC(=O)[C@@H](N)CC#Cc1cccc(F)c1. The molecule has 0 saturated carbocycles. The summed E-state index contributed by atoms with van der Waals surface area (Å²) in [6, 6.07) is 4.23. The van der Waals surface area contributed by atoms with Crippen molar-refractivity contribution in [1.82, 2.24) is 5.32 Å². The Hall–Kier alpha value is -2.39. The van der Waals surface area contributed by atoms with Gasteiger partial charge in [0.2, 0.25) is 5.91 Å². The molecule has 0 spiro atoms. The smallest absolute Gasteiger partial charge is 0.328 e. The van der Waals surface area contributed by atoms with Crippen LogP contribution in [0.4, 0.5) is 4.39 Å². The predicted octanol–water partition coefficient (Wildman–Crippen LogP) is 1.60. The van der Waals surface area contributed by atoms with Crippen molar-refractivity contribution in [2.75, 3.05) is 7.11 Å². The van der Waals surface area contributed by atoms with E-state index in [9.17, 15) is 14.0 Å². The molecule has 0 radical (unpaired) electrons. The number of ether oxygens (including phenoxy) is 1. The second-order valence-corrected chi connectivity index (χ2v) is 5.84. The van der Waals surface area contributed by atoms with E-state index in [0.29, 0.717) is 12.0 Å². The number of carbonyl (C=O) groups excluding carboxylic acids is 2. The normalized spacial score (nSPS) is 12.8. The van der Waals surface area contributed by atoms with E-state index in [-0.39, 0.29) is 18.2 Å². The summed E-state index contributed by atoms with van der Waals surface area (Å²) in [4.78, 5) is 23.8. The number of nitrogens with one attached hydrogen (secondary N) is 1. The van der Waals surface area contributed by atoms with Gasteiger partial charge in [0.05, 0.1) is 13.2 Å². The minimum absolute atomic E-state index is 0.0952. The minimum Gasteiger partial charge on any atom is -0.467 e. The number of nitrogens with two attached hydrogens (primary N) is 1. The summed E-state index contributed by atoms with van der Waals surface area (Å²) in [5.41, 5.74) is 6.30. The van der Waals surface area contributed by atoms with Gasteiger partial charge >= 0.3 is 5.97 Å². The fourth-order valence-electron chi connectivity index (χ4n) is 2.03. The molecule has 1 aromatic carbocycles. The largest absolute Gasteiger partial charge is 0.467 e. The molecule has 24 heavy (non-hydrogen) atoms. The maximum atomic E-state index is 13.0. The van der Waals surface area contributed by atoms with Crippen LogP contribution in [0, 0.1) is 23.6 Å². The number of rotatable bonds is 6. The van der Waals surface area contributed by atoms with Gasteiger partial charge in [-0.1, -0.05) is 31.8 Å². The summed E-state index contributed by atoms with van der Waals surface area (Å²) < 4.78 is 17.7. The fraction of sp³-hybridized carbons (Fsp3) is 0.444. The van der Waals surface area contributed by atoms with Crippen molar-refractivity contribution in [2.24, 2.45) is 11.7 Å². The molecule has 0 bridgehead atoms. The van der Waals surface area contributed by atoms with Crippen LogP contribution in [-0.4, -0.2) is 31.1 Å². The van der Waals surface area contributed by atoms with Crippen LogP contribution in [0.3, 0.4) is 0 Å². The lowest BCUT2D eigenvalue weighted by atomic mass is 10.0. The first-order valence-electron chi connectivity index (χ1n) is 7.71. The Morgan fingerprint density at radius 1 is 1.38 bits per heavy atom. The van der Waals surface area contributed by atoms with Gasteiger partial charge in [-0.25, -0.2) is 9.18 Å². The molecule has 0 aliphatic heterocycles. The molecule has 0 heterocycles. The number of hydrogen-bond acceptors (Lipinski definition) is 4. The zero-order chi connectivity index (χ0) is 18.1. The lowest BCUT2D eigenvalue weighted by Gasteiger charge is -2.19. The minimum atomic E-state index is -0.884. The maximum Gasteiger partial charge on any atom is 0.328 e. The van der Waals surface area contributed by atoms with Crippen LogP contribution in [0.2, 0.25) is 0 Å². The predicted molar refractivity (Wildman–Crippen MR) is 89.3 cm³/mol. The molecule has 1 aromatic rings. The highest BCUT2D eigenvalue weighted by molar-refractivity contribution is 5.87. The summed E-state index contributed by atoms with van der Waals surface area (Å²) in [6.07, 6.45) is 0.554. The summed E-state index contributed by atoms with van der Waals surface area (Å²) in [7, 11) is 1.27. The first-order valence-corrected chi connectivity index (χ1v) is 7.71. The van der Waals surface area contributed by atoms with Crippen LogP contribution in [0.5, 0.6) is 0 Å². The molecule has 0 fully saturated rings. The first-order chi connectivity index (χ1) is 11.3. The zero-order valence-corrected chi connectivity index (χ0v) is 14.1. The monoisotopic (exact) mass is 334 g/mol. The average Bonchev–Trinajstić information content (AvgIpc) is 2.52. The molecule has 2 atom stereocenters. The van der Waals surface area contributed by atoms with Crippen LogP contribution >= 0.6 is 0 Å². The number of carbonyl (C=O) groups is 2. The molecule has 0 unspecified atom stereocenters. The molecule has 1 amide bonds. The molecule has 0 aromatic heterocycles. The van der Waals surface area contributed by atoms with E-state index < -0.39 is 24.0 Å². The summed E-state index contributed by atoms with van der Waals surface area (Å²) in [6.45, 7) is 3.87. The van der Waals surface area contributed by atoms with Crippen LogP contribution < -0.4 is 11.1 Å². The Bertz CT molecular complexity index is 635. The number of esters is 1. The van der Waals surface area contributed by atoms with Crippen LogP contribution in [0.1, 0.15) is 32.3 Å². The van der Waals surface area contributed by atoms with E-state index >= 15 is 0 Å². The van der Waals surface area contributed by atoms with Gasteiger partial charge in [-0.15, -0.1) is 0 Å². The molecule has 0 aliphatic rings. The van der Waals surface area contributed by atoms with Crippen molar-refractivity contribution >= 4 is 11.9 Å². The highest BCUT2D eigenvalue weighted by Crippen LogP contribution is 2.07. The number of halogens is 1. The quantitative estimate of drug-likeness (QED) is 0.611. The van der Waals surface area contributed by atoms with Gasteiger partial charge in [0, 0.05) is 12.0 Å². The van der Waals surface area contributed by atoms with Gasteiger partial charge < -0.3 is 15.8 Å². The van der Waals surface area contributed by atoms with Crippen LogP contribution in [0.25, 0.3) is 0 Å². The van der Waals surface area contributed by atoms with Crippen molar-refractivity contribution < 1.29 is 18.7 Å². The Kier molecular flexibility index (Phi) is 7.93. The lowest BCUT2D eigenvalue weighted by molar-refractivity contribution is -0.145. The molecule has 1 rings (SSSR count). The fourth-order valence-corrected chi connectivity index (χ4v) is 2.03. The number of amides is 1. The van der Waals surface area contributed by atoms with Gasteiger partial charge in [-0.05, 0) is 30.5 Å². The summed E-state index contributed by atoms with van der Waals surface area (Å²) in [5.74, 6) is 4.35. The van der Waals surface area contributed by atoms with E-state index in [1.807, 2.05) is 13.8 Å². The van der Waals surface area contributed by atoms with Gasteiger partial charge in [0.15, 0.2) is 0 Å². The highest BCUT2D eigenvalue weighted by Gasteiger charge is 2.24. The number of benzene rings is 1. The van der Waals surface area contributed by atoms with E-state index in [1.165, 1.54) is 19.2 Å². The Balaban J connectivity index is 2.62. The van der Waals surface area contributed by atoms with E-state index in [0.717, 1.165) is 0 Å². The summed E-state index contributed by atoms with van der Waals surface area (Å²) >= 11 is 0. The lowest BCUT2D eigenvalue weighted by Crippen LogP contribution is -2.49. The van der Waals surface area contributed by atoms with Gasteiger partial charge in [-0.3, -0.25) is 4.79 Å². The standard InChI is InChI=1S/C18H23FN2O3/c1-12(2)10-16(18(23)24-3)21-17(22)15(20)9-5-7-13-6-4-8-14(19)11-13/h4,6,8,11-12,15-16H,9-10,20H2,1-3H3,(H,21,22)/t15-,16-/m0/s1. The van der Waals surface area contributed by atoms with Crippen molar-refractivity contribution in [3.63, 3.8) is 0 Å². The number of hydrogen-bond donors (Lipinski definition) is 2. The maximum absolute atomic E-state index is 13.0. The average molecular weight is 334 g/mol. The van der Waals surface area contributed by atoms with Gasteiger partial charge in [-0.2, -0.15) is 0 Å². The zero-order valence-electron chi connectivity index (χ0n) is 14.1. The molecule has 0 aliphatic carbocycles. The van der Waals surface area contributed by atoms with Crippen molar-refractivity contribution in [3.8, 4) is 11.8 Å². The molecular formula is C18H23FN2O3. The third kappa shape index (κ3) is 6.80. The third-order valence-corrected chi connectivity index (χ3v) is 3.23.